The van der Waals surface area contributed by atoms with Crippen molar-refractivity contribution in [3.63, 3.8) is 0 Å². The lowest BCUT2D eigenvalue weighted by molar-refractivity contribution is 0.363. The van der Waals surface area contributed by atoms with Gasteiger partial charge in [0.25, 0.3) is 0 Å². The first-order valence-electron chi connectivity index (χ1n) is 3.37. The second-order valence-corrected chi connectivity index (χ2v) is 2.51. The molecule has 0 saturated carbocycles. The first-order chi connectivity index (χ1) is 6.00. The monoisotopic (exact) mass is 179 g/mol. The molecule has 0 spiro atoms. The lowest BCUT2D eigenvalue weighted by Gasteiger charge is -2.08. The molecule has 0 bridgehead atoms. The molecule has 4 N–H and O–H groups in total. The molecule has 5 nitrogen and oxygen atoms in total. The van der Waals surface area contributed by atoms with Crippen LogP contribution in [-0.2, 0) is 0 Å². The van der Waals surface area contributed by atoms with Crippen molar-refractivity contribution in [3.05, 3.63) is 5.56 Å². The average Bonchev–Trinajstić information content (AvgIpc) is 2.13. The van der Waals surface area contributed by atoms with Gasteiger partial charge in [-0.1, -0.05) is 0 Å². The molecular formula is C7H6BNO4. The fourth-order valence-corrected chi connectivity index (χ4v) is 0.926. The Morgan fingerprint density at radius 2 is 1.46 bits per heavy atom. The van der Waals surface area contributed by atoms with E-state index in [1.807, 2.05) is 0 Å². The van der Waals surface area contributed by atoms with Gasteiger partial charge in [0.05, 0.1) is 0 Å². The highest BCUT2D eigenvalue weighted by molar-refractivity contribution is 6.37. The zero-order valence-electron chi connectivity index (χ0n) is 6.74. The minimum absolute atomic E-state index is 0.0492. The van der Waals surface area contributed by atoms with Gasteiger partial charge in [-0.2, -0.15) is 5.26 Å². The molecule has 0 aliphatic heterocycles. The van der Waals surface area contributed by atoms with Crippen LogP contribution in [0, 0.1) is 11.3 Å². The summed E-state index contributed by atoms with van der Waals surface area (Å²) in [5, 5.41) is 45.0. The van der Waals surface area contributed by atoms with Gasteiger partial charge in [-0.05, 0) is 5.46 Å². The topological polar surface area (TPSA) is 105 Å². The van der Waals surface area contributed by atoms with E-state index in [0.29, 0.717) is 0 Å². The average molecular weight is 179 g/mol. The number of nitriles is 1. The smallest absolute Gasteiger partial charge is 0.201 e. The van der Waals surface area contributed by atoms with Crippen LogP contribution >= 0.6 is 0 Å². The number of aromatic hydroxyl groups is 4. The van der Waals surface area contributed by atoms with Gasteiger partial charge < -0.3 is 20.4 Å². The number of phenols is 4. The van der Waals surface area contributed by atoms with Gasteiger partial charge in [0.2, 0.25) is 5.75 Å². The number of nitrogens with zero attached hydrogens (tertiary/aromatic N) is 1. The Hall–Kier alpha value is -2.03. The third-order valence-corrected chi connectivity index (χ3v) is 1.74. The lowest BCUT2D eigenvalue weighted by atomic mass is 9.90. The maximum absolute atomic E-state index is 9.23. The maximum Gasteiger partial charge on any atom is 0.201 e. The Morgan fingerprint density at radius 1 is 0.923 bits per heavy atom. The number of phenolic OH excluding ortho intramolecular Hbond substituents is 4. The van der Waals surface area contributed by atoms with Gasteiger partial charge >= 0.3 is 0 Å². The van der Waals surface area contributed by atoms with Gasteiger partial charge in [0, 0.05) is 0 Å². The van der Waals surface area contributed by atoms with Crippen molar-refractivity contribution < 1.29 is 20.4 Å². The molecule has 1 aromatic rings. The third kappa shape index (κ3) is 1.10. The Labute approximate surface area is 74.5 Å². The first kappa shape index (κ1) is 9.07. The van der Waals surface area contributed by atoms with Crippen LogP contribution in [0.25, 0.3) is 0 Å². The van der Waals surface area contributed by atoms with Crippen LogP contribution in [-0.4, -0.2) is 28.3 Å². The predicted octanol–water partition coefficient (Wildman–Crippen LogP) is -1.36. The molecule has 0 aliphatic rings. The molecule has 0 saturated heterocycles. The zero-order chi connectivity index (χ0) is 10.2. The zero-order valence-corrected chi connectivity index (χ0v) is 6.74. The quantitative estimate of drug-likeness (QED) is 0.223. The molecule has 6 heteroatoms. The van der Waals surface area contributed by atoms with E-state index in [4.69, 9.17) is 20.6 Å². The second kappa shape index (κ2) is 2.79. The third-order valence-electron chi connectivity index (χ3n) is 1.74. The van der Waals surface area contributed by atoms with Crippen molar-refractivity contribution in [3.8, 4) is 29.1 Å². The molecule has 0 fully saturated rings. The molecule has 1 aromatic carbocycles. The number of rotatable bonds is 0. The Kier molecular flexibility index (Phi) is 1.94. The van der Waals surface area contributed by atoms with Gasteiger partial charge in [-0.3, -0.25) is 0 Å². The minimum atomic E-state index is -0.817. The normalized spacial score (nSPS) is 9.46. The van der Waals surface area contributed by atoms with Crippen LogP contribution in [0.4, 0.5) is 0 Å². The van der Waals surface area contributed by atoms with E-state index in [1.165, 1.54) is 13.9 Å². The van der Waals surface area contributed by atoms with Gasteiger partial charge in [-0.25, -0.2) is 0 Å². The molecule has 0 radical (unpaired) electrons. The molecule has 1 rings (SSSR count). The summed E-state index contributed by atoms with van der Waals surface area (Å²) in [6.07, 6.45) is 0. The van der Waals surface area contributed by atoms with Crippen molar-refractivity contribution in [2.75, 3.05) is 0 Å². The molecule has 0 atom stereocenters. The summed E-state index contributed by atoms with van der Waals surface area (Å²) in [5.74, 6) is -2.78. The molecular weight excluding hydrogens is 173 g/mol. The summed E-state index contributed by atoms with van der Waals surface area (Å²) >= 11 is 0. The Morgan fingerprint density at radius 3 is 1.92 bits per heavy atom. The summed E-state index contributed by atoms with van der Waals surface area (Å²) in [4.78, 5) is 0. The largest absolute Gasteiger partial charge is 0.507 e. The van der Waals surface area contributed by atoms with E-state index in [0.717, 1.165) is 0 Å². The fraction of sp³-hybridized carbons (Fsp3) is 0. The van der Waals surface area contributed by atoms with Crippen LogP contribution in [0.2, 0.25) is 0 Å². The highest BCUT2D eigenvalue weighted by Crippen LogP contribution is 2.39. The molecule has 13 heavy (non-hydrogen) atoms. The first-order valence-corrected chi connectivity index (χ1v) is 3.37. The van der Waals surface area contributed by atoms with E-state index in [1.54, 1.807) is 0 Å². The fourth-order valence-electron chi connectivity index (χ4n) is 0.926. The summed E-state index contributed by atoms with van der Waals surface area (Å²) < 4.78 is 0. The van der Waals surface area contributed by atoms with Crippen molar-refractivity contribution in [1.29, 1.82) is 5.26 Å². The SMILES string of the molecule is Bc1c(O)c(O)c(O)c(C#N)c1O. The summed E-state index contributed by atoms with van der Waals surface area (Å²) in [7, 11) is 1.31. The Bertz CT molecular complexity index is 381. The number of hydrogen-bond acceptors (Lipinski definition) is 5. The summed E-state index contributed by atoms with van der Waals surface area (Å²) in [6.45, 7) is 0. The van der Waals surface area contributed by atoms with Crippen LogP contribution in [0.5, 0.6) is 23.0 Å². The second-order valence-electron chi connectivity index (χ2n) is 2.51. The molecule has 0 aromatic heterocycles. The standard InChI is InChI=1S/C7H6BNO4/c8-3-4(10)2(1-9)5(11)7(13)6(3)12/h10-13H,8H2. The highest BCUT2D eigenvalue weighted by atomic mass is 16.3. The van der Waals surface area contributed by atoms with E-state index < -0.39 is 28.6 Å². The van der Waals surface area contributed by atoms with Crippen molar-refractivity contribution in [2.45, 2.75) is 0 Å². The van der Waals surface area contributed by atoms with E-state index in [-0.39, 0.29) is 5.46 Å². The number of benzene rings is 1. The van der Waals surface area contributed by atoms with Crippen LogP contribution in [0.3, 0.4) is 0 Å². The molecule has 0 unspecified atom stereocenters. The summed E-state index contributed by atoms with van der Waals surface area (Å²) in [6, 6.07) is 1.50. The summed E-state index contributed by atoms with van der Waals surface area (Å²) in [5.41, 5.74) is -0.500. The van der Waals surface area contributed by atoms with Crippen molar-refractivity contribution in [1.82, 2.24) is 0 Å². The van der Waals surface area contributed by atoms with Gasteiger partial charge in [0.15, 0.2) is 11.5 Å². The van der Waals surface area contributed by atoms with Gasteiger partial charge in [-0.15, -0.1) is 0 Å². The van der Waals surface area contributed by atoms with Gasteiger partial charge in [0.1, 0.15) is 25.2 Å². The minimum Gasteiger partial charge on any atom is -0.507 e. The molecule has 0 aliphatic carbocycles. The van der Waals surface area contributed by atoms with E-state index >= 15 is 0 Å². The van der Waals surface area contributed by atoms with Crippen LogP contribution in [0.15, 0.2) is 0 Å². The molecule has 0 heterocycles. The van der Waals surface area contributed by atoms with E-state index in [2.05, 4.69) is 0 Å². The van der Waals surface area contributed by atoms with E-state index in [9.17, 15) is 5.11 Å². The van der Waals surface area contributed by atoms with Crippen molar-refractivity contribution in [2.24, 2.45) is 0 Å². The number of hydrogen-bond donors (Lipinski definition) is 4. The predicted molar refractivity (Wildman–Crippen MR) is 46.0 cm³/mol. The van der Waals surface area contributed by atoms with Crippen LogP contribution in [0.1, 0.15) is 5.56 Å². The highest BCUT2D eigenvalue weighted by Gasteiger charge is 2.19. The Balaban J connectivity index is 3.69. The maximum atomic E-state index is 9.23. The van der Waals surface area contributed by atoms with Crippen molar-refractivity contribution >= 4 is 13.3 Å². The molecule has 66 valence electrons. The lowest BCUT2D eigenvalue weighted by Crippen LogP contribution is -2.05. The molecule has 0 amide bonds. The van der Waals surface area contributed by atoms with Crippen LogP contribution < -0.4 is 5.46 Å².